The van der Waals surface area contributed by atoms with Crippen LogP contribution in [0, 0.1) is 0 Å². The number of likely N-dealkylation sites (tertiary alicyclic amines) is 1. The topological polar surface area (TPSA) is 106 Å². The normalized spacial score (nSPS) is 15.4. The molecule has 1 saturated heterocycles. The largest absolute Gasteiger partial charge is 0.360 e. The highest BCUT2D eigenvalue weighted by Crippen LogP contribution is 2.32. The van der Waals surface area contributed by atoms with Gasteiger partial charge < -0.3 is 25.4 Å². The van der Waals surface area contributed by atoms with Crippen LogP contribution in [0.1, 0.15) is 16.8 Å². The van der Waals surface area contributed by atoms with E-state index in [1.165, 1.54) is 6.08 Å². The lowest BCUT2D eigenvalue weighted by atomic mass is 10.1. The van der Waals surface area contributed by atoms with E-state index in [-0.39, 0.29) is 17.9 Å². The van der Waals surface area contributed by atoms with Gasteiger partial charge in [0.1, 0.15) is 0 Å². The molecule has 10 heteroatoms. The Balaban J connectivity index is 1.19. The molecule has 2 aromatic heterocycles. The van der Waals surface area contributed by atoms with Crippen LogP contribution in [0.5, 0.6) is 0 Å². The number of aromatic nitrogens is 3. The zero-order valence-electron chi connectivity index (χ0n) is 21.8. The number of benzene rings is 2. The number of halogens is 1. The maximum atomic E-state index is 13.1. The molecule has 1 aliphatic heterocycles. The van der Waals surface area contributed by atoms with E-state index in [0.29, 0.717) is 47.6 Å². The molecule has 9 nitrogen and oxygen atoms in total. The molecule has 2 aromatic carbocycles. The van der Waals surface area contributed by atoms with E-state index in [1.54, 1.807) is 36.5 Å². The van der Waals surface area contributed by atoms with Gasteiger partial charge in [0.15, 0.2) is 0 Å². The summed E-state index contributed by atoms with van der Waals surface area (Å²) in [6.45, 7) is 1.83. The van der Waals surface area contributed by atoms with Crippen LogP contribution < -0.4 is 10.6 Å². The molecule has 4 aromatic rings. The van der Waals surface area contributed by atoms with Crippen LogP contribution in [0.3, 0.4) is 0 Å². The summed E-state index contributed by atoms with van der Waals surface area (Å²) >= 11 is 6.46. The van der Waals surface area contributed by atoms with E-state index in [0.717, 1.165) is 22.9 Å². The molecule has 1 aliphatic rings. The van der Waals surface area contributed by atoms with E-state index < -0.39 is 0 Å². The van der Waals surface area contributed by atoms with Crippen molar-refractivity contribution in [2.75, 3.05) is 44.4 Å². The summed E-state index contributed by atoms with van der Waals surface area (Å²) in [6, 6.07) is 14.9. The Morgan fingerprint density at radius 3 is 2.77 bits per heavy atom. The smallest absolute Gasteiger partial charge is 0.253 e. The lowest BCUT2D eigenvalue weighted by Gasteiger charge is -2.18. The van der Waals surface area contributed by atoms with Gasteiger partial charge in [0.25, 0.3) is 5.91 Å². The van der Waals surface area contributed by atoms with Gasteiger partial charge >= 0.3 is 0 Å². The second-order valence-corrected chi connectivity index (χ2v) is 10.2. The van der Waals surface area contributed by atoms with Gasteiger partial charge in [0.05, 0.1) is 16.9 Å². The highest BCUT2D eigenvalue weighted by molar-refractivity contribution is 6.33. The number of rotatable bonds is 8. The van der Waals surface area contributed by atoms with E-state index in [2.05, 4.69) is 20.6 Å². The number of hydrogen-bond donors (Lipinski definition) is 3. The van der Waals surface area contributed by atoms with Crippen molar-refractivity contribution in [1.29, 1.82) is 0 Å². The molecule has 0 aliphatic carbocycles. The summed E-state index contributed by atoms with van der Waals surface area (Å²) in [4.78, 5) is 41.3. The summed E-state index contributed by atoms with van der Waals surface area (Å²) in [6.07, 6.45) is 7.57. The van der Waals surface area contributed by atoms with Gasteiger partial charge in [-0.1, -0.05) is 35.9 Å². The van der Waals surface area contributed by atoms with Gasteiger partial charge in [-0.2, -0.15) is 0 Å². The van der Waals surface area contributed by atoms with Gasteiger partial charge in [-0.15, -0.1) is 0 Å². The first-order chi connectivity index (χ1) is 18.9. The highest BCUT2D eigenvalue weighted by atomic mass is 35.5. The number of carbonyl (C=O) groups is 2. The van der Waals surface area contributed by atoms with Gasteiger partial charge in [0.2, 0.25) is 11.9 Å². The fourth-order valence-electron chi connectivity index (χ4n) is 4.57. The Kier molecular flexibility index (Phi) is 7.90. The number of hydrogen-bond acceptors (Lipinski definition) is 6. The number of nitrogens with one attached hydrogen (secondary N) is 3. The molecule has 200 valence electrons. The monoisotopic (exact) mass is 543 g/mol. The lowest BCUT2D eigenvalue weighted by molar-refractivity contribution is -0.111. The van der Waals surface area contributed by atoms with Crippen LogP contribution >= 0.6 is 11.6 Å². The quantitative estimate of drug-likeness (QED) is 0.279. The molecule has 1 atom stereocenters. The Morgan fingerprint density at radius 1 is 1.18 bits per heavy atom. The first kappa shape index (κ1) is 26.4. The van der Waals surface area contributed by atoms with Gasteiger partial charge in [-0.3, -0.25) is 9.59 Å². The van der Waals surface area contributed by atoms with Crippen molar-refractivity contribution < 1.29 is 9.59 Å². The molecule has 3 heterocycles. The van der Waals surface area contributed by atoms with Gasteiger partial charge in [-0.25, -0.2) is 9.97 Å². The molecular weight excluding hydrogens is 514 g/mol. The van der Waals surface area contributed by atoms with Crippen molar-refractivity contribution in [1.82, 2.24) is 24.8 Å². The average molecular weight is 544 g/mol. The molecule has 1 fully saturated rings. The predicted molar refractivity (Wildman–Crippen MR) is 155 cm³/mol. The number of likely N-dealkylation sites (N-methyl/N-ethyl adjacent to an activating group) is 1. The minimum atomic E-state index is -0.207. The number of fused-ring (bicyclic) bond motifs is 1. The number of anilines is 2. The van der Waals surface area contributed by atoms with Gasteiger partial charge in [-0.05, 0) is 50.8 Å². The zero-order valence-corrected chi connectivity index (χ0v) is 22.6. The fraction of sp³-hybridized carbons (Fsp3) is 0.241. The fourth-order valence-corrected chi connectivity index (χ4v) is 4.76. The summed E-state index contributed by atoms with van der Waals surface area (Å²) < 4.78 is 0. The summed E-state index contributed by atoms with van der Waals surface area (Å²) in [7, 11) is 3.87. The third-order valence-corrected chi connectivity index (χ3v) is 6.81. The molecule has 5 rings (SSSR count). The van der Waals surface area contributed by atoms with E-state index in [4.69, 9.17) is 16.6 Å². The Hall–Kier alpha value is -4.21. The van der Waals surface area contributed by atoms with Crippen LogP contribution in [0.4, 0.5) is 11.6 Å². The van der Waals surface area contributed by atoms with E-state index in [9.17, 15) is 9.59 Å². The number of nitrogens with zero attached hydrogens (tertiary/aromatic N) is 4. The molecule has 0 bridgehead atoms. The molecular formula is C29H30ClN7O2. The van der Waals surface area contributed by atoms with Crippen molar-refractivity contribution >= 4 is 46.0 Å². The Labute approximate surface area is 231 Å². The van der Waals surface area contributed by atoms with Crippen molar-refractivity contribution in [3.05, 3.63) is 83.7 Å². The highest BCUT2D eigenvalue weighted by Gasteiger charge is 2.27. The van der Waals surface area contributed by atoms with Gasteiger partial charge in [0, 0.05) is 65.7 Å². The second kappa shape index (κ2) is 11.7. The lowest BCUT2D eigenvalue weighted by Crippen LogP contribution is -2.31. The number of amides is 2. The molecule has 3 N–H and O–H groups in total. The van der Waals surface area contributed by atoms with Crippen molar-refractivity contribution in [2.24, 2.45) is 0 Å². The second-order valence-electron chi connectivity index (χ2n) is 9.75. The Bertz CT molecular complexity index is 1510. The SMILES string of the molecule is CN(C)CC=CC(=O)Nc1ccc(C(=O)N2CC[C@H](Nc3ncc(Cl)c(-c4c[nH]c5ccccc45)n3)C2)cc1. The molecule has 39 heavy (non-hydrogen) atoms. The van der Waals surface area contributed by atoms with Crippen molar-refractivity contribution in [2.45, 2.75) is 12.5 Å². The van der Waals surface area contributed by atoms with Crippen molar-refractivity contribution in [3.63, 3.8) is 0 Å². The summed E-state index contributed by atoms with van der Waals surface area (Å²) in [5.74, 6) is 0.208. The van der Waals surface area contributed by atoms with Crippen LogP contribution in [0.25, 0.3) is 22.2 Å². The molecule has 0 unspecified atom stereocenters. The number of aromatic amines is 1. The maximum Gasteiger partial charge on any atom is 0.253 e. The van der Waals surface area contributed by atoms with Crippen LogP contribution in [-0.2, 0) is 4.79 Å². The number of carbonyl (C=O) groups excluding carboxylic acids is 2. The number of para-hydroxylation sites is 1. The predicted octanol–water partition coefficient (Wildman–Crippen LogP) is 4.66. The summed E-state index contributed by atoms with van der Waals surface area (Å²) in [5.41, 5.74) is 3.78. The summed E-state index contributed by atoms with van der Waals surface area (Å²) in [5, 5.41) is 7.68. The van der Waals surface area contributed by atoms with Crippen LogP contribution in [0.2, 0.25) is 5.02 Å². The molecule has 0 spiro atoms. The van der Waals surface area contributed by atoms with Crippen molar-refractivity contribution in [3.8, 4) is 11.3 Å². The molecule has 2 amide bonds. The minimum absolute atomic E-state index is 0.0125. The maximum absolute atomic E-state index is 13.1. The van der Waals surface area contributed by atoms with Crippen LogP contribution in [0.15, 0.2) is 73.1 Å². The van der Waals surface area contributed by atoms with E-state index in [1.807, 2.05) is 54.4 Å². The minimum Gasteiger partial charge on any atom is -0.360 e. The molecule has 0 saturated carbocycles. The Morgan fingerprint density at radius 2 is 1.97 bits per heavy atom. The number of H-pyrrole nitrogens is 1. The standard InChI is InChI=1S/C29H30ClN7O2/c1-36(2)14-5-8-26(38)33-20-11-9-19(10-12-20)28(39)37-15-13-21(18-37)34-29-32-17-24(30)27(35-29)23-16-31-25-7-4-3-6-22(23)25/h3-12,16-17,21,31H,13-15,18H2,1-2H3,(H,33,38)(H,32,34,35)/t21-/m0/s1. The third kappa shape index (κ3) is 6.27. The van der Waals surface area contributed by atoms with Crippen LogP contribution in [-0.4, -0.2) is 76.3 Å². The first-order valence-corrected chi connectivity index (χ1v) is 13.1. The molecule has 0 radical (unpaired) electrons. The van der Waals surface area contributed by atoms with E-state index >= 15 is 0 Å². The first-order valence-electron chi connectivity index (χ1n) is 12.7. The average Bonchev–Trinajstić information content (AvgIpc) is 3.57. The zero-order chi connectivity index (χ0) is 27.4. The third-order valence-electron chi connectivity index (χ3n) is 6.54.